The molecule has 0 aliphatic rings. The number of anilines is 1. The van der Waals surface area contributed by atoms with Crippen molar-refractivity contribution in [3.63, 3.8) is 0 Å². The summed E-state index contributed by atoms with van der Waals surface area (Å²) in [5, 5.41) is 7.22. The average molecular weight is 418 g/mol. The molecule has 9 heteroatoms. The Morgan fingerprint density at radius 1 is 1.28 bits per heavy atom. The van der Waals surface area contributed by atoms with Gasteiger partial charge in [-0.15, -0.1) is 0 Å². The molecule has 29 heavy (non-hydrogen) atoms. The second kappa shape index (κ2) is 8.83. The van der Waals surface area contributed by atoms with E-state index >= 15 is 0 Å². The number of para-hydroxylation sites is 1. The minimum absolute atomic E-state index is 0.0204. The Labute approximate surface area is 172 Å². The maximum absolute atomic E-state index is 12.5. The van der Waals surface area contributed by atoms with Crippen LogP contribution >= 0.6 is 11.6 Å². The van der Waals surface area contributed by atoms with Crippen LogP contribution in [0.3, 0.4) is 0 Å². The number of rotatable bonds is 7. The average Bonchev–Trinajstić information content (AvgIpc) is 3.34. The molecule has 0 fully saturated rings. The number of methoxy groups -OCH3 is 1. The third-order valence-corrected chi connectivity index (χ3v) is 4.42. The topological polar surface area (TPSA) is 95.6 Å². The Balaban J connectivity index is 1.70. The summed E-state index contributed by atoms with van der Waals surface area (Å²) in [6, 6.07) is 8.62. The molecule has 0 bridgehead atoms. The molecular formula is C20H20ClN3O5. The van der Waals surface area contributed by atoms with Crippen molar-refractivity contribution in [2.24, 2.45) is 0 Å². The van der Waals surface area contributed by atoms with E-state index in [1.54, 1.807) is 18.3 Å². The summed E-state index contributed by atoms with van der Waals surface area (Å²) in [6.07, 6.45) is 1.55. The van der Waals surface area contributed by atoms with E-state index in [4.69, 9.17) is 25.5 Å². The Kier molecular flexibility index (Phi) is 6.23. The van der Waals surface area contributed by atoms with Gasteiger partial charge in [-0.3, -0.25) is 9.48 Å². The third-order valence-electron chi connectivity index (χ3n) is 4.12. The Morgan fingerprint density at radius 2 is 2.07 bits per heavy atom. The number of nitrogens with zero attached hydrogens (tertiary/aromatic N) is 2. The van der Waals surface area contributed by atoms with E-state index in [1.807, 2.05) is 26.0 Å². The number of nitrogens with one attached hydrogen (secondary N) is 1. The van der Waals surface area contributed by atoms with Crippen molar-refractivity contribution < 1.29 is 23.5 Å². The molecule has 2 aromatic heterocycles. The highest BCUT2D eigenvalue weighted by Gasteiger charge is 2.21. The fourth-order valence-corrected chi connectivity index (χ4v) is 2.90. The first-order valence-electron chi connectivity index (χ1n) is 8.86. The maximum Gasteiger partial charge on any atom is 0.360 e. The number of furan rings is 1. The van der Waals surface area contributed by atoms with Gasteiger partial charge in [-0.1, -0.05) is 23.7 Å². The van der Waals surface area contributed by atoms with Gasteiger partial charge < -0.3 is 19.2 Å². The SMILES string of the molecule is CCn1cc(NC(=O)c2ccc(COc3c(C)cccc3Cl)o2)c(C(=O)OC)n1. The smallest absolute Gasteiger partial charge is 0.360 e. The zero-order chi connectivity index (χ0) is 21.0. The number of esters is 1. The predicted molar refractivity (Wildman–Crippen MR) is 106 cm³/mol. The summed E-state index contributed by atoms with van der Waals surface area (Å²) in [5.74, 6) is -0.0835. The largest absolute Gasteiger partial charge is 0.484 e. The minimum Gasteiger partial charge on any atom is -0.484 e. The number of amides is 1. The molecule has 0 saturated heterocycles. The van der Waals surface area contributed by atoms with Crippen LogP contribution in [0.2, 0.25) is 5.02 Å². The molecule has 0 saturated carbocycles. The first-order chi connectivity index (χ1) is 13.9. The lowest BCUT2D eigenvalue weighted by Gasteiger charge is -2.09. The molecule has 0 radical (unpaired) electrons. The number of benzene rings is 1. The van der Waals surface area contributed by atoms with Gasteiger partial charge in [0, 0.05) is 12.7 Å². The lowest BCUT2D eigenvalue weighted by Crippen LogP contribution is -2.14. The molecule has 1 amide bonds. The predicted octanol–water partition coefficient (Wildman–Crippen LogP) is 4.08. The first kappa shape index (κ1) is 20.5. The van der Waals surface area contributed by atoms with Crippen LogP contribution in [0, 0.1) is 6.92 Å². The van der Waals surface area contributed by atoms with E-state index in [0.717, 1.165) is 5.56 Å². The van der Waals surface area contributed by atoms with E-state index in [2.05, 4.69) is 10.4 Å². The number of halogens is 1. The van der Waals surface area contributed by atoms with Crippen molar-refractivity contribution in [3.8, 4) is 5.75 Å². The monoisotopic (exact) mass is 417 g/mol. The van der Waals surface area contributed by atoms with Crippen LogP contribution < -0.4 is 10.1 Å². The molecule has 152 valence electrons. The van der Waals surface area contributed by atoms with Gasteiger partial charge in [0.05, 0.1) is 17.8 Å². The van der Waals surface area contributed by atoms with Crippen LogP contribution in [0.5, 0.6) is 5.75 Å². The quantitative estimate of drug-likeness (QED) is 0.582. The van der Waals surface area contributed by atoms with Crippen LogP contribution in [0.15, 0.2) is 40.9 Å². The van der Waals surface area contributed by atoms with Crippen molar-refractivity contribution in [2.75, 3.05) is 12.4 Å². The highest BCUT2D eigenvalue weighted by Crippen LogP contribution is 2.29. The van der Waals surface area contributed by atoms with Crippen LogP contribution in [0.25, 0.3) is 0 Å². The van der Waals surface area contributed by atoms with Gasteiger partial charge in [0.25, 0.3) is 5.91 Å². The molecule has 1 N–H and O–H groups in total. The van der Waals surface area contributed by atoms with E-state index < -0.39 is 11.9 Å². The highest BCUT2D eigenvalue weighted by atomic mass is 35.5. The maximum atomic E-state index is 12.5. The zero-order valence-electron chi connectivity index (χ0n) is 16.2. The summed E-state index contributed by atoms with van der Waals surface area (Å²) >= 11 is 6.14. The third kappa shape index (κ3) is 4.60. The first-order valence-corrected chi connectivity index (χ1v) is 9.24. The van der Waals surface area contributed by atoms with Crippen molar-refractivity contribution in [1.29, 1.82) is 0 Å². The summed E-state index contributed by atoms with van der Waals surface area (Å²) in [4.78, 5) is 24.4. The lowest BCUT2D eigenvalue weighted by atomic mass is 10.2. The number of hydrogen-bond donors (Lipinski definition) is 1. The number of ether oxygens (including phenoxy) is 2. The second-order valence-electron chi connectivity index (χ2n) is 6.13. The van der Waals surface area contributed by atoms with Gasteiger partial charge in [0.2, 0.25) is 0 Å². The number of carbonyl (C=O) groups excluding carboxylic acids is 2. The van der Waals surface area contributed by atoms with Crippen molar-refractivity contribution in [1.82, 2.24) is 9.78 Å². The molecule has 0 spiro atoms. The number of hydrogen-bond acceptors (Lipinski definition) is 6. The zero-order valence-corrected chi connectivity index (χ0v) is 16.9. The van der Waals surface area contributed by atoms with Crippen LogP contribution in [0.4, 0.5) is 5.69 Å². The van der Waals surface area contributed by atoms with Crippen LogP contribution in [0.1, 0.15) is 39.3 Å². The summed E-state index contributed by atoms with van der Waals surface area (Å²) < 4.78 is 17.5. The molecule has 2 heterocycles. The Morgan fingerprint density at radius 3 is 2.76 bits per heavy atom. The molecular weight excluding hydrogens is 398 g/mol. The second-order valence-corrected chi connectivity index (χ2v) is 6.54. The van der Waals surface area contributed by atoms with E-state index in [0.29, 0.717) is 23.1 Å². The molecule has 3 aromatic rings. The normalized spacial score (nSPS) is 10.6. The fourth-order valence-electron chi connectivity index (χ4n) is 2.63. The van der Waals surface area contributed by atoms with Crippen LogP contribution in [-0.2, 0) is 17.9 Å². The molecule has 0 aliphatic heterocycles. The number of aryl methyl sites for hydroxylation is 2. The summed E-state index contributed by atoms with van der Waals surface area (Å²) in [7, 11) is 1.25. The summed E-state index contributed by atoms with van der Waals surface area (Å²) in [5.41, 5.74) is 1.15. The Hall–Kier alpha value is -3.26. The van der Waals surface area contributed by atoms with Gasteiger partial charge in [-0.25, -0.2) is 4.79 Å². The van der Waals surface area contributed by atoms with Crippen molar-refractivity contribution in [2.45, 2.75) is 27.0 Å². The van der Waals surface area contributed by atoms with Crippen molar-refractivity contribution in [3.05, 3.63) is 64.3 Å². The van der Waals surface area contributed by atoms with E-state index in [9.17, 15) is 9.59 Å². The molecule has 0 atom stereocenters. The highest BCUT2D eigenvalue weighted by molar-refractivity contribution is 6.32. The number of aromatic nitrogens is 2. The van der Waals surface area contributed by atoms with Gasteiger partial charge in [0.15, 0.2) is 11.5 Å². The number of carbonyl (C=O) groups is 2. The van der Waals surface area contributed by atoms with Gasteiger partial charge in [-0.2, -0.15) is 5.10 Å². The summed E-state index contributed by atoms with van der Waals surface area (Å²) in [6.45, 7) is 4.39. The fraction of sp³-hybridized carbons (Fsp3) is 0.250. The van der Waals surface area contributed by atoms with E-state index in [-0.39, 0.29) is 23.7 Å². The molecule has 3 rings (SSSR count). The van der Waals surface area contributed by atoms with Crippen molar-refractivity contribution >= 4 is 29.2 Å². The molecule has 0 aliphatic carbocycles. The molecule has 0 unspecified atom stereocenters. The Bertz CT molecular complexity index is 1020. The van der Waals surface area contributed by atoms with Crippen LogP contribution in [-0.4, -0.2) is 28.8 Å². The van der Waals surface area contributed by atoms with E-state index in [1.165, 1.54) is 17.9 Å². The van der Waals surface area contributed by atoms with Gasteiger partial charge in [0.1, 0.15) is 18.1 Å². The van der Waals surface area contributed by atoms with Gasteiger partial charge in [-0.05, 0) is 37.6 Å². The molecule has 1 aromatic carbocycles. The standard InChI is InChI=1S/C20H20ClN3O5/c1-4-24-10-15(17(23-24)20(26)27-3)22-19(25)16-9-8-13(29-16)11-28-18-12(2)6-5-7-14(18)21/h5-10H,4,11H2,1-3H3,(H,22,25). The minimum atomic E-state index is -0.642. The van der Waals surface area contributed by atoms with Gasteiger partial charge >= 0.3 is 5.97 Å². The lowest BCUT2D eigenvalue weighted by molar-refractivity contribution is 0.0594. The molecule has 8 nitrogen and oxygen atoms in total.